The molecule has 0 aromatic heterocycles. The van der Waals surface area contributed by atoms with Gasteiger partial charge in [0.1, 0.15) is 11.6 Å². The van der Waals surface area contributed by atoms with Gasteiger partial charge >= 0.3 is 0 Å². The van der Waals surface area contributed by atoms with E-state index in [0.717, 1.165) is 55.0 Å². The van der Waals surface area contributed by atoms with Gasteiger partial charge in [0.25, 0.3) is 0 Å². The second kappa shape index (κ2) is 6.27. The molecule has 2 aromatic rings. The smallest absolute Gasteiger partial charge is 0.123 e. The van der Waals surface area contributed by atoms with Crippen molar-refractivity contribution in [2.45, 2.75) is 26.3 Å². The largest absolute Gasteiger partial charge is 0.493 e. The molecule has 2 nitrogen and oxygen atoms in total. The Labute approximate surface area is 125 Å². The molecule has 3 heteroatoms. The number of hydrogen-bond donors (Lipinski definition) is 1. The highest BCUT2D eigenvalue weighted by Gasteiger charge is 2.13. The Bertz CT molecular complexity index is 639. The lowest BCUT2D eigenvalue weighted by molar-refractivity contribution is 0.288. The van der Waals surface area contributed by atoms with E-state index in [9.17, 15) is 4.39 Å². The molecule has 110 valence electrons. The third-order valence-corrected chi connectivity index (χ3v) is 3.86. The van der Waals surface area contributed by atoms with Crippen molar-refractivity contribution in [2.24, 2.45) is 0 Å². The minimum atomic E-state index is -0.195. The highest BCUT2D eigenvalue weighted by atomic mass is 19.1. The minimum Gasteiger partial charge on any atom is -0.493 e. The van der Waals surface area contributed by atoms with E-state index in [1.165, 1.54) is 11.6 Å². The number of rotatable bonds is 4. The van der Waals surface area contributed by atoms with Gasteiger partial charge in [0.15, 0.2) is 0 Å². The number of fused-ring (bicyclic) bond motifs is 1. The van der Waals surface area contributed by atoms with Gasteiger partial charge in [-0.05, 0) is 65.9 Å². The van der Waals surface area contributed by atoms with E-state index >= 15 is 0 Å². The predicted octanol–water partition coefficient (Wildman–Crippen LogP) is 3.93. The molecule has 0 saturated carbocycles. The second-order valence-corrected chi connectivity index (χ2v) is 5.36. The van der Waals surface area contributed by atoms with Crippen molar-refractivity contribution in [3.63, 3.8) is 0 Å². The van der Waals surface area contributed by atoms with E-state index in [4.69, 9.17) is 4.74 Å². The summed E-state index contributed by atoms with van der Waals surface area (Å²) in [6.45, 7) is 4.51. The molecule has 21 heavy (non-hydrogen) atoms. The molecule has 0 aliphatic carbocycles. The van der Waals surface area contributed by atoms with Gasteiger partial charge in [0, 0.05) is 6.54 Å². The number of hydrogen-bond acceptors (Lipinski definition) is 2. The van der Waals surface area contributed by atoms with Crippen LogP contribution in [0.1, 0.15) is 24.5 Å². The van der Waals surface area contributed by atoms with Crippen molar-refractivity contribution in [2.75, 3.05) is 13.2 Å². The zero-order valence-corrected chi connectivity index (χ0v) is 12.3. The van der Waals surface area contributed by atoms with Crippen molar-refractivity contribution in [1.82, 2.24) is 5.32 Å². The summed E-state index contributed by atoms with van der Waals surface area (Å²) in [5, 5.41) is 3.31. The summed E-state index contributed by atoms with van der Waals surface area (Å²) in [7, 11) is 0. The molecule has 2 aromatic carbocycles. The van der Waals surface area contributed by atoms with Crippen LogP contribution in [0, 0.1) is 5.82 Å². The summed E-state index contributed by atoms with van der Waals surface area (Å²) < 4.78 is 19.3. The van der Waals surface area contributed by atoms with Crippen LogP contribution in [-0.2, 0) is 13.0 Å². The molecule has 1 aliphatic rings. The maximum absolute atomic E-state index is 13.6. The van der Waals surface area contributed by atoms with E-state index in [2.05, 4.69) is 18.3 Å². The lowest BCUT2D eigenvalue weighted by Gasteiger charge is -2.19. The Hall–Kier alpha value is -1.87. The van der Waals surface area contributed by atoms with Crippen molar-refractivity contribution in [1.29, 1.82) is 0 Å². The lowest BCUT2D eigenvalue weighted by Crippen LogP contribution is -2.13. The molecule has 0 amide bonds. The lowest BCUT2D eigenvalue weighted by atomic mass is 9.95. The number of nitrogens with one attached hydrogen (secondary N) is 1. The van der Waals surface area contributed by atoms with Crippen LogP contribution in [0.4, 0.5) is 4.39 Å². The molecule has 0 bridgehead atoms. The van der Waals surface area contributed by atoms with Crippen molar-refractivity contribution >= 4 is 0 Å². The van der Waals surface area contributed by atoms with Crippen molar-refractivity contribution in [3.05, 3.63) is 53.3 Å². The summed E-state index contributed by atoms with van der Waals surface area (Å²) in [4.78, 5) is 0. The van der Waals surface area contributed by atoms with Crippen molar-refractivity contribution in [3.8, 4) is 16.9 Å². The first-order chi connectivity index (χ1) is 10.3. The van der Waals surface area contributed by atoms with E-state index in [1.807, 2.05) is 18.2 Å². The SMILES string of the molecule is CCNCc1ccc(F)cc1-c1ccc2c(c1)CCCO2. The monoisotopic (exact) mass is 285 g/mol. The molecular formula is C18H20FNO. The molecule has 0 spiro atoms. The first kappa shape index (κ1) is 14.1. The third-order valence-electron chi connectivity index (χ3n) is 3.86. The zero-order valence-electron chi connectivity index (χ0n) is 12.3. The molecule has 1 aliphatic heterocycles. The maximum atomic E-state index is 13.6. The van der Waals surface area contributed by atoms with Gasteiger partial charge in [-0.2, -0.15) is 0 Å². The summed E-state index contributed by atoms with van der Waals surface area (Å²) in [6.07, 6.45) is 2.07. The first-order valence-electron chi connectivity index (χ1n) is 7.53. The Morgan fingerprint density at radius 2 is 2.10 bits per heavy atom. The summed E-state index contributed by atoms with van der Waals surface area (Å²) >= 11 is 0. The standard InChI is InChI=1S/C18H20FNO/c1-2-20-12-15-5-7-16(19)11-17(15)13-6-8-18-14(10-13)4-3-9-21-18/h5-8,10-11,20H,2-4,9,12H2,1H3. The van der Waals surface area contributed by atoms with Gasteiger partial charge in [-0.25, -0.2) is 4.39 Å². The van der Waals surface area contributed by atoms with Gasteiger partial charge in [0.2, 0.25) is 0 Å². The van der Waals surface area contributed by atoms with Gasteiger partial charge in [-0.3, -0.25) is 0 Å². The fraction of sp³-hybridized carbons (Fsp3) is 0.333. The highest BCUT2D eigenvalue weighted by molar-refractivity contribution is 5.69. The molecule has 0 unspecified atom stereocenters. The van der Waals surface area contributed by atoms with E-state index < -0.39 is 0 Å². The van der Waals surface area contributed by atoms with Crippen LogP contribution in [-0.4, -0.2) is 13.2 Å². The Morgan fingerprint density at radius 1 is 1.19 bits per heavy atom. The Balaban J connectivity index is 2.00. The zero-order chi connectivity index (χ0) is 14.7. The molecule has 1 N–H and O–H groups in total. The van der Waals surface area contributed by atoms with Crippen LogP contribution in [0.3, 0.4) is 0 Å². The number of ether oxygens (including phenoxy) is 1. The molecule has 0 fully saturated rings. The second-order valence-electron chi connectivity index (χ2n) is 5.36. The Kier molecular flexibility index (Phi) is 4.20. The quantitative estimate of drug-likeness (QED) is 0.919. The van der Waals surface area contributed by atoms with E-state index in [-0.39, 0.29) is 5.82 Å². The third kappa shape index (κ3) is 3.08. The topological polar surface area (TPSA) is 21.3 Å². The van der Waals surface area contributed by atoms with Gasteiger partial charge < -0.3 is 10.1 Å². The predicted molar refractivity (Wildman–Crippen MR) is 83.0 cm³/mol. The molecular weight excluding hydrogens is 265 g/mol. The molecule has 3 rings (SSSR count). The van der Waals surface area contributed by atoms with Crippen LogP contribution in [0.5, 0.6) is 5.75 Å². The maximum Gasteiger partial charge on any atom is 0.123 e. The van der Waals surface area contributed by atoms with Crippen LogP contribution in [0.15, 0.2) is 36.4 Å². The van der Waals surface area contributed by atoms with Crippen LogP contribution < -0.4 is 10.1 Å². The van der Waals surface area contributed by atoms with Gasteiger partial charge in [-0.15, -0.1) is 0 Å². The number of halogens is 1. The van der Waals surface area contributed by atoms with Gasteiger partial charge in [-0.1, -0.05) is 19.1 Å². The molecule has 0 atom stereocenters. The minimum absolute atomic E-state index is 0.195. The average Bonchev–Trinajstić information content (AvgIpc) is 2.53. The van der Waals surface area contributed by atoms with E-state index in [1.54, 1.807) is 6.07 Å². The van der Waals surface area contributed by atoms with Gasteiger partial charge in [0.05, 0.1) is 6.61 Å². The van der Waals surface area contributed by atoms with Crippen LogP contribution >= 0.6 is 0 Å². The van der Waals surface area contributed by atoms with Crippen molar-refractivity contribution < 1.29 is 9.13 Å². The summed E-state index contributed by atoms with van der Waals surface area (Å²) in [5.74, 6) is 0.772. The van der Waals surface area contributed by atoms with Crippen LogP contribution in [0.25, 0.3) is 11.1 Å². The number of benzene rings is 2. The normalized spacial score (nSPS) is 13.6. The van der Waals surface area contributed by atoms with E-state index in [0.29, 0.717) is 0 Å². The van der Waals surface area contributed by atoms with Crippen LogP contribution in [0.2, 0.25) is 0 Å². The molecule has 0 saturated heterocycles. The Morgan fingerprint density at radius 3 is 2.95 bits per heavy atom. The highest BCUT2D eigenvalue weighted by Crippen LogP contribution is 2.32. The fourth-order valence-corrected chi connectivity index (χ4v) is 2.76. The summed E-state index contributed by atoms with van der Waals surface area (Å²) in [6, 6.07) is 11.2. The fourth-order valence-electron chi connectivity index (χ4n) is 2.76. The first-order valence-corrected chi connectivity index (χ1v) is 7.53. The number of aryl methyl sites for hydroxylation is 1. The average molecular weight is 285 g/mol. The molecule has 1 heterocycles. The molecule has 0 radical (unpaired) electrons. The summed E-state index contributed by atoms with van der Waals surface area (Å²) in [5.41, 5.74) is 4.36.